The Morgan fingerprint density at radius 3 is 2.81 bits per heavy atom. The molecule has 0 radical (unpaired) electrons. The summed E-state index contributed by atoms with van der Waals surface area (Å²) in [4.78, 5) is 27.4. The average Bonchev–Trinajstić information content (AvgIpc) is 2.27. The van der Waals surface area contributed by atoms with Gasteiger partial charge < -0.3 is 0 Å². The van der Waals surface area contributed by atoms with E-state index in [0.29, 0.717) is 17.8 Å². The molecule has 0 unspecified atom stereocenters. The maximum absolute atomic E-state index is 11.7. The summed E-state index contributed by atoms with van der Waals surface area (Å²) in [5, 5.41) is 0. The Morgan fingerprint density at radius 2 is 2.19 bits per heavy atom. The van der Waals surface area contributed by atoms with Crippen LogP contribution in [0.15, 0.2) is 6.07 Å². The second kappa shape index (κ2) is 4.16. The molecule has 3 heteroatoms. The molecule has 3 nitrogen and oxygen atoms in total. The fourth-order valence-corrected chi connectivity index (χ4v) is 2.17. The van der Waals surface area contributed by atoms with Crippen molar-refractivity contribution in [3.8, 4) is 0 Å². The molecule has 0 bridgehead atoms. The number of nitrogens with zero attached hydrogens (tertiary/aromatic N) is 1. The van der Waals surface area contributed by atoms with E-state index in [2.05, 4.69) is 4.98 Å². The van der Waals surface area contributed by atoms with Gasteiger partial charge in [-0.15, -0.1) is 0 Å². The molecule has 2 rings (SSSR count). The van der Waals surface area contributed by atoms with Crippen LogP contribution in [-0.4, -0.2) is 16.6 Å². The highest BCUT2D eigenvalue weighted by Gasteiger charge is 2.21. The number of hydrogen-bond donors (Lipinski definition) is 0. The van der Waals surface area contributed by atoms with Gasteiger partial charge in [0.15, 0.2) is 11.6 Å². The largest absolute Gasteiger partial charge is 0.293 e. The minimum absolute atomic E-state index is 0.0574. The fraction of sp³-hybridized carbons (Fsp3) is 0.462. The van der Waals surface area contributed by atoms with Crippen molar-refractivity contribution >= 4 is 11.6 Å². The summed E-state index contributed by atoms with van der Waals surface area (Å²) in [5.74, 6) is 0.0180. The van der Waals surface area contributed by atoms with Crippen LogP contribution < -0.4 is 0 Å². The van der Waals surface area contributed by atoms with Crippen LogP contribution in [0.4, 0.5) is 0 Å². The number of hydrogen-bond acceptors (Lipinski definition) is 3. The molecule has 1 aromatic rings. The molecule has 0 amide bonds. The number of pyridine rings is 1. The van der Waals surface area contributed by atoms with E-state index in [0.717, 1.165) is 30.4 Å². The number of carbonyl (C=O) groups excluding carboxylic acids is 2. The fourth-order valence-electron chi connectivity index (χ4n) is 2.17. The monoisotopic (exact) mass is 217 g/mol. The van der Waals surface area contributed by atoms with Gasteiger partial charge in [0.1, 0.15) is 11.4 Å². The topological polar surface area (TPSA) is 47.0 Å². The predicted octanol–water partition coefficient (Wildman–Crippen LogP) is 2.37. The van der Waals surface area contributed by atoms with Crippen LogP contribution >= 0.6 is 0 Å². The summed E-state index contributed by atoms with van der Waals surface area (Å²) in [7, 11) is 0. The number of ketones is 2. The molecule has 1 aromatic heterocycles. The number of carbonyl (C=O) groups is 2. The smallest absolute Gasteiger partial charge is 0.181 e. The van der Waals surface area contributed by atoms with Crippen LogP contribution in [0.3, 0.4) is 0 Å². The summed E-state index contributed by atoms with van der Waals surface area (Å²) in [5.41, 5.74) is 2.96. The van der Waals surface area contributed by atoms with Gasteiger partial charge in [-0.1, -0.05) is 13.0 Å². The van der Waals surface area contributed by atoms with Gasteiger partial charge in [0.2, 0.25) is 0 Å². The van der Waals surface area contributed by atoms with E-state index in [1.54, 1.807) is 0 Å². The van der Waals surface area contributed by atoms with Crippen molar-refractivity contribution in [3.05, 3.63) is 28.6 Å². The quantitative estimate of drug-likeness (QED) is 0.714. The molecule has 0 N–H and O–H groups in total. The lowest BCUT2D eigenvalue weighted by Gasteiger charge is -2.16. The first-order chi connectivity index (χ1) is 7.63. The molecule has 1 heterocycles. The Bertz CT molecular complexity index is 452. The van der Waals surface area contributed by atoms with E-state index in [9.17, 15) is 9.59 Å². The average molecular weight is 217 g/mol. The van der Waals surface area contributed by atoms with Crippen LogP contribution in [0.1, 0.15) is 58.8 Å². The third kappa shape index (κ3) is 1.77. The van der Waals surface area contributed by atoms with Crippen molar-refractivity contribution < 1.29 is 9.59 Å². The molecular weight excluding hydrogens is 202 g/mol. The van der Waals surface area contributed by atoms with Crippen molar-refractivity contribution in [1.82, 2.24) is 4.98 Å². The van der Waals surface area contributed by atoms with Gasteiger partial charge in [-0.3, -0.25) is 9.59 Å². The van der Waals surface area contributed by atoms with Crippen LogP contribution in [0.25, 0.3) is 0 Å². The Balaban J connectivity index is 2.60. The summed E-state index contributed by atoms with van der Waals surface area (Å²) in [6, 6.07) is 1.98. The van der Waals surface area contributed by atoms with Crippen LogP contribution in [-0.2, 0) is 12.8 Å². The standard InChI is InChI=1S/C13H15NO2/c1-3-9-7-10-5-4-6-11(16)13(10)14-12(9)8(2)15/h7H,3-6H2,1-2H3. The molecule has 84 valence electrons. The first kappa shape index (κ1) is 11.0. The molecule has 0 spiro atoms. The number of rotatable bonds is 2. The lowest BCUT2D eigenvalue weighted by molar-refractivity contribution is 0.0966. The summed E-state index contributed by atoms with van der Waals surface area (Å²) in [6.45, 7) is 3.50. The second-order valence-electron chi connectivity index (χ2n) is 4.19. The lowest BCUT2D eigenvalue weighted by atomic mass is 9.92. The minimum Gasteiger partial charge on any atom is -0.293 e. The maximum atomic E-state index is 11.7. The van der Waals surface area contributed by atoms with E-state index in [1.165, 1.54) is 6.92 Å². The first-order valence-corrected chi connectivity index (χ1v) is 5.70. The van der Waals surface area contributed by atoms with Gasteiger partial charge in [0.05, 0.1) is 0 Å². The van der Waals surface area contributed by atoms with Crippen molar-refractivity contribution in [1.29, 1.82) is 0 Å². The zero-order valence-electron chi connectivity index (χ0n) is 9.67. The molecule has 1 aliphatic rings. The summed E-state index contributed by atoms with van der Waals surface area (Å²) >= 11 is 0. The molecule has 0 fully saturated rings. The highest BCUT2D eigenvalue weighted by Crippen LogP contribution is 2.22. The van der Waals surface area contributed by atoms with Crippen LogP contribution in [0.2, 0.25) is 0 Å². The number of fused-ring (bicyclic) bond motifs is 1. The van der Waals surface area contributed by atoms with E-state index >= 15 is 0 Å². The highest BCUT2D eigenvalue weighted by atomic mass is 16.1. The normalized spacial score (nSPS) is 14.8. The molecule has 0 saturated heterocycles. The van der Waals surface area contributed by atoms with E-state index in [4.69, 9.17) is 0 Å². The van der Waals surface area contributed by atoms with Crippen LogP contribution in [0, 0.1) is 0 Å². The first-order valence-electron chi connectivity index (χ1n) is 5.70. The molecule has 0 aliphatic heterocycles. The van der Waals surface area contributed by atoms with Crippen LogP contribution in [0.5, 0.6) is 0 Å². The number of aromatic nitrogens is 1. The second-order valence-corrected chi connectivity index (χ2v) is 4.19. The molecule has 16 heavy (non-hydrogen) atoms. The third-order valence-corrected chi connectivity index (χ3v) is 3.01. The van der Waals surface area contributed by atoms with Gasteiger partial charge in [0, 0.05) is 13.3 Å². The summed E-state index contributed by atoms with van der Waals surface area (Å²) < 4.78 is 0. The Kier molecular flexibility index (Phi) is 2.86. The zero-order chi connectivity index (χ0) is 11.7. The Hall–Kier alpha value is -1.51. The van der Waals surface area contributed by atoms with Gasteiger partial charge in [-0.25, -0.2) is 4.98 Å². The predicted molar refractivity (Wildman–Crippen MR) is 60.9 cm³/mol. The van der Waals surface area contributed by atoms with E-state index in [-0.39, 0.29) is 11.6 Å². The van der Waals surface area contributed by atoms with Crippen molar-refractivity contribution in [2.75, 3.05) is 0 Å². The maximum Gasteiger partial charge on any atom is 0.181 e. The van der Waals surface area contributed by atoms with E-state index < -0.39 is 0 Å². The third-order valence-electron chi connectivity index (χ3n) is 3.01. The SMILES string of the molecule is CCc1cc2c(nc1C(C)=O)C(=O)CCC2. The van der Waals surface area contributed by atoms with Crippen molar-refractivity contribution in [2.24, 2.45) is 0 Å². The summed E-state index contributed by atoms with van der Waals surface area (Å²) in [6.07, 6.45) is 3.14. The zero-order valence-corrected chi connectivity index (χ0v) is 9.67. The molecule has 0 atom stereocenters. The molecular formula is C13H15NO2. The molecule has 0 saturated carbocycles. The van der Waals surface area contributed by atoms with Gasteiger partial charge in [-0.05, 0) is 30.4 Å². The Morgan fingerprint density at radius 1 is 1.44 bits per heavy atom. The lowest BCUT2D eigenvalue weighted by Crippen LogP contribution is -2.17. The van der Waals surface area contributed by atoms with Gasteiger partial charge in [-0.2, -0.15) is 0 Å². The van der Waals surface area contributed by atoms with E-state index in [1.807, 2.05) is 13.0 Å². The van der Waals surface area contributed by atoms with Crippen molar-refractivity contribution in [2.45, 2.75) is 39.5 Å². The van der Waals surface area contributed by atoms with Gasteiger partial charge in [0.25, 0.3) is 0 Å². The molecule has 1 aliphatic carbocycles. The number of aryl methyl sites for hydroxylation is 2. The number of Topliss-reactive ketones (excluding diaryl/α,β-unsaturated/α-hetero) is 2. The Labute approximate surface area is 94.9 Å². The highest BCUT2D eigenvalue weighted by molar-refractivity contribution is 5.99. The van der Waals surface area contributed by atoms with Crippen molar-refractivity contribution in [3.63, 3.8) is 0 Å². The van der Waals surface area contributed by atoms with Gasteiger partial charge >= 0.3 is 0 Å². The molecule has 0 aromatic carbocycles. The minimum atomic E-state index is -0.0574.